The molecule has 0 radical (unpaired) electrons. The molecular weight excluding hydrogens is 484 g/mol. The minimum Gasteiger partial charge on any atom is -0.451 e. The Bertz CT molecular complexity index is 1260. The highest BCUT2D eigenvalue weighted by Crippen LogP contribution is 2.35. The molecule has 0 saturated carbocycles. The molecule has 2 aliphatic rings. The fourth-order valence-corrected chi connectivity index (χ4v) is 3.96. The van der Waals surface area contributed by atoms with Crippen LogP contribution in [0.5, 0.6) is 0 Å². The summed E-state index contributed by atoms with van der Waals surface area (Å²) in [5.41, 5.74) is -1.12. The monoisotopic (exact) mass is 496 g/mol. The SMILES string of the molecule is O=C1O[C@@H]([C@H]2OC(=O)C(=O)[C@H]2C(=O)c2ccc([N+](=O)[O-])cc2)[C@@H](C(=O)c2ccc([N+](=O)[O-])cc2)C1=O. The topological polar surface area (TPSA) is 207 Å². The van der Waals surface area contributed by atoms with Gasteiger partial charge >= 0.3 is 11.9 Å². The number of nitro groups is 2. The second-order valence-electron chi connectivity index (χ2n) is 7.76. The van der Waals surface area contributed by atoms with E-state index >= 15 is 0 Å². The number of hydrogen-bond donors (Lipinski definition) is 0. The highest BCUT2D eigenvalue weighted by molar-refractivity contribution is 6.43. The molecule has 2 heterocycles. The summed E-state index contributed by atoms with van der Waals surface area (Å²) < 4.78 is 9.90. The molecule has 2 aromatic carbocycles. The van der Waals surface area contributed by atoms with E-state index in [2.05, 4.69) is 0 Å². The summed E-state index contributed by atoms with van der Waals surface area (Å²) in [6.07, 6.45) is -3.68. The van der Waals surface area contributed by atoms with Crippen LogP contribution in [-0.4, -0.2) is 57.1 Å². The Labute approximate surface area is 199 Å². The lowest BCUT2D eigenvalue weighted by molar-refractivity contribution is -0.385. The predicted molar refractivity (Wildman–Crippen MR) is 112 cm³/mol. The number of esters is 2. The van der Waals surface area contributed by atoms with E-state index in [0.29, 0.717) is 0 Å². The smallest absolute Gasteiger partial charge is 0.376 e. The number of nitrogens with zero attached hydrogens (tertiary/aromatic N) is 2. The fourth-order valence-electron chi connectivity index (χ4n) is 3.96. The molecule has 2 aromatic rings. The molecule has 0 unspecified atom stereocenters. The molecule has 2 fully saturated rings. The van der Waals surface area contributed by atoms with E-state index in [4.69, 9.17) is 9.47 Å². The van der Waals surface area contributed by atoms with Crippen molar-refractivity contribution in [2.45, 2.75) is 12.2 Å². The summed E-state index contributed by atoms with van der Waals surface area (Å²) in [6, 6.07) is 8.12. The zero-order valence-corrected chi connectivity index (χ0v) is 17.7. The number of ketones is 4. The van der Waals surface area contributed by atoms with Gasteiger partial charge in [-0.05, 0) is 24.3 Å². The molecule has 4 rings (SSSR count). The van der Waals surface area contributed by atoms with E-state index in [-0.39, 0.29) is 22.5 Å². The van der Waals surface area contributed by atoms with Crippen molar-refractivity contribution in [1.82, 2.24) is 0 Å². The highest BCUT2D eigenvalue weighted by atomic mass is 16.6. The Hall–Kier alpha value is -5.14. The van der Waals surface area contributed by atoms with Gasteiger partial charge in [0.1, 0.15) is 11.8 Å². The van der Waals surface area contributed by atoms with Crippen LogP contribution in [-0.2, 0) is 28.7 Å². The summed E-state index contributed by atoms with van der Waals surface area (Å²) in [6.45, 7) is 0. The molecule has 0 amide bonds. The molecule has 4 atom stereocenters. The van der Waals surface area contributed by atoms with Crippen LogP contribution in [0.1, 0.15) is 20.7 Å². The zero-order chi connectivity index (χ0) is 26.3. The maximum Gasteiger partial charge on any atom is 0.376 e. The first-order valence-corrected chi connectivity index (χ1v) is 10.1. The number of hydrogen-bond acceptors (Lipinski definition) is 12. The number of nitro benzene ring substituents is 2. The molecule has 36 heavy (non-hydrogen) atoms. The van der Waals surface area contributed by atoms with Gasteiger partial charge in [0.2, 0.25) is 0 Å². The van der Waals surface area contributed by atoms with Crippen molar-refractivity contribution in [1.29, 1.82) is 0 Å². The second-order valence-corrected chi connectivity index (χ2v) is 7.76. The normalized spacial score (nSPS) is 23.2. The van der Waals surface area contributed by atoms with Gasteiger partial charge in [0.15, 0.2) is 23.8 Å². The van der Waals surface area contributed by atoms with Crippen molar-refractivity contribution in [2.75, 3.05) is 0 Å². The molecule has 0 aromatic heterocycles. The maximum absolute atomic E-state index is 13.1. The van der Waals surface area contributed by atoms with Crippen LogP contribution in [0.3, 0.4) is 0 Å². The van der Waals surface area contributed by atoms with Crippen molar-refractivity contribution in [2.24, 2.45) is 11.8 Å². The van der Waals surface area contributed by atoms with Gasteiger partial charge in [-0.2, -0.15) is 0 Å². The molecular formula is C22H12N2O12. The van der Waals surface area contributed by atoms with E-state index in [1.807, 2.05) is 0 Å². The van der Waals surface area contributed by atoms with Crippen molar-refractivity contribution < 1.29 is 48.1 Å². The molecule has 2 aliphatic heterocycles. The molecule has 0 N–H and O–H groups in total. The average Bonchev–Trinajstić information content (AvgIpc) is 3.32. The van der Waals surface area contributed by atoms with Gasteiger partial charge in [0.05, 0.1) is 9.85 Å². The minimum atomic E-state index is -1.91. The number of Topliss-reactive ketones (excluding diaryl/α,β-unsaturated/α-hetero) is 4. The zero-order valence-electron chi connectivity index (χ0n) is 17.7. The molecule has 0 spiro atoms. The molecule has 0 aliphatic carbocycles. The third kappa shape index (κ3) is 4.00. The molecule has 182 valence electrons. The average molecular weight is 496 g/mol. The van der Waals surface area contributed by atoms with Gasteiger partial charge in [-0.3, -0.25) is 39.4 Å². The highest BCUT2D eigenvalue weighted by Gasteiger charge is 2.60. The van der Waals surface area contributed by atoms with E-state index < -0.39 is 69.0 Å². The maximum atomic E-state index is 13.1. The van der Waals surface area contributed by atoms with E-state index in [1.54, 1.807) is 0 Å². The molecule has 2 saturated heterocycles. The van der Waals surface area contributed by atoms with Gasteiger partial charge in [0, 0.05) is 35.4 Å². The lowest BCUT2D eigenvalue weighted by atomic mass is 9.81. The first kappa shape index (κ1) is 24.0. The summed E-state index contributed by atoms with van der Waals surface area (Å²) in [7, 11) is 0. The number of carbonyl (C=O) groups is 6. The van der Waals surface area contributed by atoms with E-state index in [1.165, 1.54) is 0 Å². The predicted octanol–water partition coefficient (Wildman–Crippen LogP) is 0.790. The molecule has 14 heteroatoms. The Kier molecular flexibility index (Phi) is 5.93. The number of benzene rings is 2. The summed E-state index contributed by atoms with van der Waals surface area (Å²) in [5.74, 6) is -11.4. The van der Waals surface area contributed by atoms with Crippen LogP contribution < -0.4 is 0 Å². The Morgan fingerprint density at radius 3 is 1.19 bits per heavy atom. The Balaban J connectivity index is 1.68. The van der Waals surface area contributed by atoms with Crippen LogP contribution in [0, 0.1) is 32.1 Å². The Morgan fingerprint density at radius 1 is 0.611 bits per heavy atom. The van der Waals surface area contributed by atoms with Gasteiger partial charge < -0.3 is 9.47 Å². The Morgan fingerprint density at radius 2 is 0.917 bits per heavy atom. The lowest BCUT2D eigenvalue weighted by Crippen LogP contribution is -2.44. The van der Waals surface area contributed by atoms with Crippen molar-refractivity contribution in [3.05, 3.63) is 79.9 Å². The number of carbonyl (C=O) groups excluding carboxylic acids is 6. The minimum absolute atomic E-state index is 0.212. The van der Waals surface area contributed by atoms with E-state index in [0.717, 1.165) is 48.5 Å². The van der Waals surface area contributed by atoms with Crippen LogP contribution in [0.4, 0.5) is 11.4 Å². The van der Waals surface area contributed by atoms with Crippen LogP contribution in [0.25, 0.3) is 0 Å². The largest absolute Gasteiger partial charge is 0.451 e. The summed E-state index contributed by atoms with van der Waals surface area (Å²) in [4.78, 5) is 95.5. The number of ether oxygens (including phenoxy) is 2. The van der Waals surface area contributed by atoms with Crippen molar-refractivity contribution >= 4 is 46.4 Å². The van der Waals surface area contributed by atoms with Crippen LogP contribution in [0.15, 0.2) is 48.5 Å². The van der Waals surface area contributed by atoms with Gasteiger partial charge in [0.25, 0.3) is 22.9 Å². The first-order chi connectivity index (χ1) is 17.0. The summed E-state index contributed by atoms with van der Waals surface area (Å²) in [5, 5.41) is 21.7. The third-order valence-electron chi connectivity index (χ3n) is 5.72. The van der Waals surface area contributed by atoms with Gasteiger partial charge in [-0.15, -0.1) is 0 Å². The standard InChI is InChI=1S/C22H12N2O12/c25-15(9-1-5-11(6-2-9)23(31)32)13-17(27)21(29)35-19(13)20-14(18(28)22(30)36-20)16(26)10-3-7-12(8-4-10)24(33)34/h1-8,13-14,19-20H/t13-,14+,19+,20-. The number of rotatable bonds is 7. The molecule has 14 nitrogen and oxygen atoms in total. The number of non-ortho nitro benzene ring substituents is 2. The van der Waals surface area contributed by atoms with Crippen molar-refractivity contribution in [3.63, 3.8) is 0 Å². The van der Waals surface area contributed by atoms with Crippen LogP contribution in [0.2, 0.25) is 0 Å². The number of cyclic esters (lactones) is 2. The van der Waals surface area contributed by atoms with Crippen molar-refractivity contribution in [3.8, 4) is 0 Å². The lowest BCUT2D eigenvalue weighted by Gasteiger charge is -2.24. The van der Waals surface area contributed by atoms with Gasteiger partial charge in [-0.1, -0.05) is 0 Å². The van der Waals surface area contributed by atoms with Crippen LogP contribution >= 0.6 is 0 Å². The third-order valence-corrected chi connectivity index (χ3v) is 5.72. The quantitative estimate of drug-likeness (QED) is 0.130. The summed E-state index contributed by atoms with van der Waals surface area (Å²) >= 11 is 0. The fraction of sp³-hybridized carbons (Fsp3) is 0.182. The molecule has 0 bridgehead atoms. The first-order valence-electron chi connectivity index (χ1n) is 10.1. The van der Waals surface area contributed by atoms with Gasteiger partial charge in [-0.25, -0.2) is 9.59 Å². The second kappa shape index (κ2) is 8.90. The van der Waals surface area contributed by atoms with E-state index in [9.17, 15) is 49.0 Å².